The number of carbonyl (C=O) groups is 1. The number of rotatable bonds is 2. The van der Waals surface area contributed by atoms with Crippen LogP contribution in [0.25, 0.3) is 10.6 Å². The van der Waals surface area contributed by atoms with Crippen molar-refractivity contribution in [1.82, 2.24) is 9.97 Å². The van der Waals surface area contributed by atoms with Crippen LogP contribution in [0.4, 0.5) is 10.6 Å². The predicted octanol–water partition coefficient (Wildman–Crippen LogP) is 4.09. The maximum atomic E-state index is 11.5. The smallest absolute Gasteiger partial charge is 0.413 e. The van der Waals surface area contributed by atoms with Crippen molar-refractivity contribution in [3.8, 4) is 10.6 Å². The van der Waals surface area contributed by atoms with Crippen molar-refractivity contribution in [3.63, 3.8) is 0 Å². The lowest BCUT2D eigenvalue weighted by atomic mass is 10.1. The molecule has 0 aromatic carbocycles. The standard InChI is InChI=1S/C13H14IN3O2S/c1-13(2,3)17(12(18)19)10-9(14)20-11(16-10)8-4-6-15-7-5-8/h4-7H,1-3H3,(H,18,19). The minimum atomic E-state index is -0.998. The highest BCUT2D eigenvalue weighted by molar-refractivity contribution is 14.1. The first-order valence-corrected chi connectivity index (χ1v) is 7.80. The Balaban J connectivity index is 2.49. The van der Waals surface area contributed by atoms with E-state index in [0.717, 1.165) is 13.5 Å². The molecule has 0 fully saturated rings. The zero-order valence-electron chi connectivity index (χ0n) is 11.3. The Labute approximate surface area is 134 Å². The van der Waals surface area contributed by atoms with Gasteiger partial charge in [0.05, 0.1) is 0 Å². The van der Waals surface area contributed by atoms with Crippen LogP contribution in [0, 0.1) is 2.88 Å². The highest BCUT2D eigenvalue weighted by Gasteiger charge is 2.32. The van der Waals surface area contributed by atoms with Gasteiger partial charge >= 0.3 is 6.09 Å². The van der Waals surface area contributed by atoms with E-state index in [0.29, 0.717) is 5.82 Å². The normalized spacial score (nSPS) is 11.4. The highest BCUT2D eigenvalue weighted by Crippen LogP contribution is 2.36. The molecule has 20 heavy (non-hydrogen) atoms. The third-order valence-electron chi connectivity index (χ3n) is 2.57. The summed E-state index contributed by atoms with van der Waals surface area (Å²) in [7, 11) is 0. The minimum absolute atomic E-state index is 0.488. The Bertz CT molecular complexity index is 622. The number of thiazole rings is 1. The average molecular weight is 403 g/mol. The summed E-state index contributed by atoms with van der Waals surface area (Å²) >= 11 is 3.60. The SMILES string of the molecule is CC(C)(C)N(C(=O)O)c1nc(-c2ccncc2)sc1I. The third kappa shape index (κ3) is 3.09. The molecule has 0 saturated heterocycles. The summed E-state index contributed by atoms with van der Waals surface area (Å²) in [6.45, 7) is 5.55. The van der Waals surface area contributed by atoms with Gasteiger partial charge in [0.25, 0.3) is 0 Å². The molecule has 1 N–H and O–H groups in total. The van der Waals surface area contributed by atoms with E-state index in [1.165, 1.54) is 16.2 Å². The van der Waals surface area contributed by atoms with Crippen LogP contribution in [0.2, 0.25) is 0 Å². The lowest BCUT2D eigenvalue weighted by Gasteiger charge is -2.31. The predicted molar refractivity (Wildman–Crippen MR) is 88.3 cm³/mol. The van der Waals surface area contributed by atoms with Gasteiger partial charge in [0, 0.05) is 23.5 Å². The van der Waals surface area contributed by atoms with Gasteiger partial charge in [0.1, 0.15) is 7.89 Å². The number of anilines is 1. The van der Waals surface area contributed by atoms with Crippen molar-refractivity contribution in [2.45, 2.75) is 26.3 Å². The fourth-order valence-corrected chi connectivity index (χ4v) is 3.52. The third-order valence-corrected chi connectivity index (χ3v) is 4.60. The number of aromatic nitrogens is 2. The lowest BCUT2D eigenvalue weighted by molar-refractivity contribution is 0.195. The second-order valence-corrected chi connectivity index (χ2v) is 7.95. The van der Waals surface area contributed by atoms with Crippen LogP contribution < -0.4 is 4.90 Å². The number of nitrogens with zero attached hydrogens (tertiary/aromatic N) is 3. The van der Waals surface area contributed by atoms with Crippen LogP contribution in [0.5, 0.6) is 0 Å². The number of hydrogen-bond acceptors (Lipinski definition) is 4. The van der Waals surface area contributed by atoms with Crippen molar-refractivity contribution < 1.29 is 9.90 Å². The molecular weight excluding hydrogens is 389 g/mol. The van der Waals surface area contributed by atoms with Crippen LogP contribution in [-0.4, -0.2) is 26.7 Å². The number of amides is 1. The molecule has 0 spiro atoms. The summed E-state index contributed by atoms with van der Waals surface area (Å²) in [4.78, 5) is 21.3. The molecule has 0 bridgehead atoms. The molecule has 2 aromatic heterocycles. The van der Waals surface area contributed by atoms with E-state index in [-0.39, 0.29) is 0 Å². The fraction of sp³-hybridized carbons (Fsp3) is 0.308. The second-order valence-electron chi connectivity index (χ2n) is 5.14. The van der Waals surface area contributed by atoms with E-state index in [9.17, 15) is 9.90 Å². The zero-order valence-corrected chi connectivity index (χ0v) is 14.3. The van der Waals surface area contributed by atoms with Gasteiger partial charge < -0.3 is 5.11 Å². The molecule has 2 rings (SSSR count). The number of carboxylic acid groups (broad SMARTS) is 1. The molecular formula is C13H14IN3O2S. The maximum Gasteiger partial charge on any atom is 0.413 e. The monoisotopic (exact) mass is 403 g/mol. The van der Waals surface area contributed by atoms with E-state index in [1.807, 2.05) is 32.9 Å². The van der Waals surface area contributed by atoms with Crippen molar-refractivity contribution in [2.75, 3.05) is 4.90 Å². The van der Waals surface area contributed by atoms with Gasteiger partial charge in [-0.05, 0) is 55.5 Å². The van der Waals surface area contributed by atoms with E-state index >= 15 is 0 Å². The zero-order chi connectivity index (χ0) is 14.9. The van der Waals surface area contributed by atoms with Crippen LogP contribution in [0.1, 0.15) is 20.8 Å². The van der Waals surface area contributed by atoms with Crippen LogP contribution in [0.15, 0.2) is 24.5 Å². The van der Waals surface area contributed by atoms with Crippen molar-refractivity contribution >= 4 is 45.8 Å². The summed E-state index contributed by atoms with van der Waals surface area (Å²) in [5, 5.41) is 10.2. The Morgan fingerprint density at radius 1 is 1.35 bits per heavy atom. The number of halogens is 1. The molecule has 0 aliphatic carbocycles. The van der Waals surface area contributed by atoms with Crippen LogP contribution in [-0.2, 0) is 0 Å². The van der Waals surface area contributed by atoms with E-state index < -0.39 is 11.6 Å². The van der Waals surface area contributed by atoms with E-state index in [2.05, 4.69) is 32.6 Å². The minimum Gasteiger partial charge on any atom is -0.465 e. The Morgan fingerprint density at radius 2 is 1.95 bits per heavy atom. The summed E-state index contributed by atoms with van der Waals surface area (Å²) in [5.74, 6) is 0.488. The number of pyridine rings is 1. The molecule has 106 valence electrons. The Morgan fingerprint density at radius 3 is 2.45 bits per heavy atom. The second kappa shape index (κ2) is 5.65. The van der Waals surface area contributed by atoms with E-state index in [1.54, 1.807) is 12.4 Å². The van der Waals surface area contributed by atoms with Crippen LogP contribution in [0.3, 0.4) is 0 Å². The van der Waals surface area contributed by atoms with Gasteiger partial charge in [-0.3, -0.25) is 9.88 Å². The quantitative estimate of drug-likeness (QED) is 0.768. The van der Waals surface area contributed by atoms with Crippen molar-refractivity contribution in [1.29, 1.82) is 0 Å². The summed E-state index contributed by atoms with van der Waals surface area (Å²) < 4.78 is 0.853. The van der Waals surface area contributed by atoms with Crippen molar-refractivity contribution in [2.24, 2.45) is 0 Å². The van der Waals surface area contributed by atoms with Gasteiger partial charge in [-0.15, -0.1) is 11.3 Å². The number of hydrogen-bond donors (Lipinski definition) is 1. The molecule has 0 radical (unpaired) electrons. The maximum absolute atomic E-state index is 11.5. The van der Waals surface area contributed by atoms with E-state index in [4.69, 9.17) is 0 Å². The van der Waals surface area contributed by atoms with Gasteiger partial charge in [-0.1, -0.05) is 0 Å². The molecule has 7 heteroatoms. The molecule has 0 atom stereocenters. The van der Waals surface area contributed by atoms with Gasteiger partial charge in [0.15, 0.2) is 5.82 Å². The Hall–Kier alpha value is -1.22. The molecule has 5 nitrogen and oxygen atoms in total. The topological polar surface area (TPSA) is 66.3 Å². The fourth-order valence-electron chi connectivity index (χ4n) is 1.74. The molecule has 0 aliphatic rings. The first kappa shape index (κ1) is 15.2. The molecule has 2 aromatic rings. The lowest BCUT2D eigenvalue weighted by Crippen LogP contribution is -2.45. The van der Waals surface area contributed by atoms with Gasteiger partial charge in [0.2, 0.25) is 0 Å². The van der Waals surface area contributed by atoms with Gasteiger partial charge in [-0.2, -0.15) is 0 Å². The largest absolute Gasteiger partial charge is 0.465 e. The summed E-state index contributed by atoms with van der Waals surface area (Å²) in [5.41, 5.74) is 0.392. The average Bonchev–Trinajstić information content (AvgIpc) is 2.70. The van der Waals surface area contributed by atoms with Crippen molar-refractivity contribution in [3.05, 3.63) is 27.4 Å². The molecule has 1 amide bonds. The first-order chi connectivity index (χ1) is 9.30. The molecule has 0 saturated carbocycles. The highest BCUT2D eigenvalue weighted by atomic mass is 127. The summed E-state index contributed by atoms with van der Waals surface area (Å²) in [6.07, 6.45) is 2.39. The molecule has 2 heterocycles. The van der Waals surface area contributed by atoms with Gasteiger partial charge in [-0.25, -0.2) is 9.78 Å². The molecule has 0 aliphatic heterocycles. The summed E-state index contributed by atoms with van der Waals surface area (Å²) in [6, 6.07) is 3.72. The Kier molecular flexibility index (Phi) is 4.28. The molecule has 0 unspecified atom stereocenters. The first-order valence-electron chi connectivity index (χ1n) is 5.90. The van der Waals surface area contributed by atoms with Crippen LogP contribution >= 0.6 is 33.9 Å².